The second-order valence-electron chi connectivity index (χ2n) is 5.42. The molecular weight excluding hydrogens is 320 g/mol. The minimum Gasteiger partial charge on any atom is -0.472 e. The summed E-state index contributed by atoms with van der Waals surface area (Å²) < 4.78 is 11.9. The number of aromatic nitrogens is 5. The topological polar surface area (TPSA) is 90.4 Å². The van der Waals surface area contributed by atoms with Crippen molar-refractivity contribution in [2.24, 2.45) is 0 Å². The van der Waals surface area contributed by atoms with Crippen molar-refractivity contribution in [2.45, 2.75) is 6.92 Å². The van der Waals surface area contributed by atoms with Gasteiger partial charge in [0.15, 0.2) is 5.65 Å². The van der Waals surface area contributed by atoms with E-state index in [1.165, 1.54) is 0 Å². The Hall–Kier alpha value is -3.42. The largest absolute Gasteiger partial charge is 0.472 e. The molecule has 0 amide bonds. The molecule has 4 rings (SSSR count). The first-order valence-corrected chi connectivity index (χ1v) is 7.87. The van der Waals surface area contributed by atoms with Crippen molar-refractivity contribution < 1.29 is 9.37 Å². The summed E-state index contributed by atoms with van der Waals surface area (Å²) in [6.45, 7) is 2.77. The van der Waals surface area contributed by atoms with E-state index in [4.69, 9.17) is 4.74 Å². The van der Waals surface area contributed by atoms with Gasteiger partial charge in [-0.3, -0.25) is 0 Å². The van der Waals surface area contributed by atoms with Gasteiger partial charge < -0.3 is 10.1 Å². The van der Waals surface area contributed by atoms with Gasteiger partial charge in [0.25, 0.3) is 5.88 Å². The molecule has 0 saturated carbocycles. The van der Waals surface area contributed by atoms with E-state index in [0.717, 1.165) is 22.7 Å². The van der Waals surface area contributed by atoms with Crippen LogP contribution < -0.4 is 10.1 Å². The molecule has 0 aliphatic heterocycles. The lowest BCUT2D eigenvalue weighted by molar-refractivity contribution is 0.261. The number of nitrogens with one attached hydrogen (secondary N) is 1. The van der Waals surface area contributed by atoms with Crippen LogP contribution in [-0.2, 0) is 0 Å². The average Bonchev–Trinajstić information content (AvgIpc) is 3.28. The lowest BCUT2D eigenvalue weighted by atomic mass is 10.1. The van der Waals surface area contributed by atoms with Gasteiger partial charge in [0, 0.05) is 17.7 Å². The zero-order valence-electron chi connectivity index (χ0n) is 13.6. The lowest BCUT2D eigenvalue weighted by Crippen LogP contribution is -2.14. The summed E-state index contributed by atoms with van der Waals surface area (Å²) in [5.41, 5.74) is 3.34. The monoisotopic (exact) mass is 336 g/mol. The second kappa shape index (κ2) is 6.60. The van der Waals surface area contributed by atoms with Crippen molar-refractivity contribution in [3.63, 3.8) is 0 Å². The zero-order chi connectivity index (χ0) is 17.1. The van der Waals surface area contributed by atoms with Gasteiger partial charge in [-0.15, -0.1) is 0 Å². The van der Waals surface area contributed by atoms with Crippen LogP contribution in [0.1, 0.15) is 5.69 Å². The summed E-state index contributed by atoms with van der Waals surface area (Å²) >= 11 is 0. The van der Waals surface area contributed by atoms with E-state index < -0.39 is 0 Å². The molecule has 0 aliphatic rings. The molecule has 3 aromatic heterocycles. The summed E-state index contributed by atoms with van der Waals surface area (Å²) in [6, 6.07) is 13.9. The van der Waals surface area contributed by atoms with Crippen LogP contribution in [0, 0.1) is 6.92 Å². The second-order valence-corrected chi connectivity index (χ2v) is 5.42. The molecule has 0 unspecified atom stereocenters. The van der Waals surface area contributed by atoms with Gasteiger partial charge in [0.2, 0.25) is 0 Å². The first-order chi connectivity index (χ1) is 12.3. The van der Waals surface area contributed by atoms with Crippen LogP contribution in [0.4, 0.5) is 5.82 Å². The highest BCUT2D eigenvalue weighted by molar-refractivity contribution is 5.66. The van der Waals surface area contributed by atoms with E-state index in [2.05, 4.69) is 30.3 Å². The molecule has 0 radical (unpaired) electrons. The Morgan fingerprint density at radius 3 is 2.84 bits per heavy atom. The summed E-state index contributed by atoms with van der Waals surface area (Å²) in [5.74, 6) is 1.25. The zero-order valence-corrected chi connectivity index (χ0v) is 13.6. The van der Waals surface area contributed by atoms with Crippen LogP contribution in [0.25, 0.3) is 16.9 Å². The number of benzene rings is 1. The molecule has 126 valence electrons. The number of anilines is 1. The Morgan fingerprint density at radius 2 is 2.04 bits per heavy atom. The summed E-state index contributed by atoms with van der Waals surface area (Å²) in [7, 11) is 0. The SMILES string of the molecule is Cc1nonc1OCCNc1cc(-c2ccccc2)nc2ccnn12. The number of ether oxygens (including phenoxy) is 1. The van der Waals surface area contributed by atoms with Gasteiger partial charge in [0.05, 0.1) is 18.4 Å². The first kappa shape index (κ1) is 15.1. The smallest absolute Gasteiger partial charge is 0.278 e. The number of aryl methyl sites for hydroxylation is 1. The van der Waals surface area contributed by atoms with Crippen LogP contribution in [0.2, 0.25) is 0 Å². The lowest BCUT2D eigenvalue weighted by Gasteiger charge is -2.11. The Bertz CT molecular complexity index is 979. The van der Waals surface area contributed by atoms with Crippen molar-refractivity contribution in [3.8, 4) is 17.1 Å². The molecule has 0 bridgehead atoms. The highest BCUT2D eigenvalue weighted by Crippen LogP contribution is 2.21. The van der Waals surface area contributed by atoms with Gasteiger partial charge >= 0.3 is 0 Å². The molecule has 25 heavy (non-hydrogen) atoms. The van der Waals surface area contributed by atoms with Crippen LogP contribution in [0.3, 0.4) is 0 Å². The van der Waals surface area contributed by atoms with Crippen molar-refractivity contribution >= 4 is 11.5 Å². The Labute approximate surface area is 143 Å². The van der Waals surface area contributed by atoms with Crippen LogP contribution >= 0.6 is 0 Å². The Balaban J connectivity index is 1.52. The highest BCUT2D eigenvalue weighted by atomic mass is 16.6. The molecule has 0 saturated heterocycles. The third-order valence-corrected chi connectivity index (χ3v) is 3.69. The van der Waals surface area contributed by atoms with Gasteiger partial charge in [0.1, 0.15) is 18.1 Å². The third-order valence-electron chi connectivity index (χ3n) is 3.69. The number of nitrogens with zero attached hydrogens (tertiary/aromatic N) is 5. The van der Waals surface area contributed by atoms with E-state index in [0.29, 0.717) is 24.7 Å². The molecule has 4 aromatic rings. The predicted molar refractivity (Wildman–Crippen MR) is 91.4 cm³/mol. The maximum Gasteiger partial charge on any atom is 0.278 e. The fourth-order valence-corrected chi connectivity index (χ4v) is 2.48. The Kier molecular flexibility index (Phi) is 3.99. The van der Waals surface area contributed by atoms with E-state index in [1.807, 2.05) is 42.5 Å². The summed E-state index contributed by atoms with van der Waals surface area (Å²) in [4.78, 5) is 4.65. The average molecular weight is 336 g/mol. The quantitative estimate of drug-likeness (QED) is 0.541. The van der Waals surface area contributed by atoms with Gasteiger partial charge in [-0.25, -0.2) is 9.61 Å². The standard InChI is InChI=1S/C17H16N6O2/c1-12-17(22-25-21-12)24-10-9-18-16-11-14(13-5-3-2-4-6-13)20-15-7-8-19-23(15)16/h2-8,11,18H,9-10H2,1H3. The number of rotatable bonds is 6. The highest BCUT2D eigenvalue weighted by Gasteiger charge is 2.09. The van der Waals surface area contributed by atoms with Crippen LogP contribution in [-0.4, -0.2) is 38.1 Å². The van der Waals surface area contributed by atoms with Crippen LogP contribution in [0.5, 0.6) is 5.88 Å². The van der Waals surface area contributed by atoms with E-state index in [1.54, 1.807) is 17.6 Å². The van der Waals surface area contributed by atoms with Gasteiger partial charge in [-0.05, 0) is 12.1 Å². The molecule has 3 heterocycles. The van der Waals surface area contributed by atoms with Crippen molar-refractivity contribution in [2.75, 3.05) is 18.5 Å². The van der Waals surface area contributed by atoms with E-state index in [-0.39, 0.29) is 0 Å². The molecule has 1 aromatic carbocycles. The van der Waals surface area contributed by atoms with E-state index >= 15 is 0 Å². The maximum absolute atomic E-state index is 5.53. The minimum atomic E-state index is 0.408. The van der Waals surface area contributed by atoms with Gasteiger partial charge in [-0.2, -0.15) is 9.61 Å². The molecule has 0 spiro atoms. The molecular formula is C17H16N6O2. The Morgan fingerprint density at radius 1 is 1.16 bits per heavy atom. The molecule has 8 nitrogen and oxygen atoms in total. The fraction of sp³-hybridized carbons (Fsp3) is 0.176. The number of fused-ring (bicyclic) bond motifs is 1. The summed E-state index contributed by atoms with van der Waals surface area (Å²) in [6.07, 6.45) is 1.73. The molecule has 0 fully saturated rings. The predicted octanol–water partition coefficient (Wildman–Crippen LogP) is 2.58. The number of hydrogen-bond donors (Lipinski definition) is 1. The molecule has 0 aliphatic carbocycles. The fourth-order valence-electron chi connectivity index (χ4n) is 2.48. The van der Waals surface area contributed by atoms with Crippen LogP contribution in [0.15, 0.2) is 53.3 Å². The maximum atomic E-state index is 5.53. The van der Waals surface area contributed by atoms with Gasteiger partial charge in [-0.1, -0.05) is 35.5 Å². The minimum absolute atomic E-state index is 0.408. The normalized spacial score (nSPS) is 10.9. The van der Waals surface area contributed by atoms with Crippen molar-refractivity contribution in [3.05, 3.63) is 54.4 Å². The van der Waals surface area contributed by atoms with E-state index in [9.17, 15) is 0 Å². The summed E-state index contributed by atoms with van der Waals surface area (Å²) in [5, 5.41) is 15.0. The van der Waals surface area contributed by atoms with Crippen molar-refractivity contribution in [1.82, 2.24) is 24.9 Å². The van der Waals surface area contributed by atoms with Crippen molar-refractivity contribution in [1.29, 1.82) is 0 Å². The third kappa shape index (κ3) is 3.14. The molecule has 0 atom stereocenters. The number of hydrogen-bond acceptors (Lipinski definition) is 7. The molecule has 1 N–H and O–H groups in total. The molecule has 8 heteroatoms. The first-order valence-electron chi connectivity index (χ1n) is 7.87.